The first-order valence-electron chi connectivity index (χ1n) is 7.51. The zero-order valence-electron chi connectivity index (χ0n) is 12.4. The lowest BCUT2D eigenvalue weighted by atomic mass is 9.85. The van der Waals surface area contributed by atoms with Crippen molar-refractivity contribution in [2.24, 2.45) is 17.3 Å². The van der Waals surface area contributed by atoms with Crippen LogP contribution < -0.4 is 5.32 Å². The van der Waals surface area contributed by atoms with Gasteiger partial charge in [0.25, 0.3) is 0 Å². The molecule has 1 aliphatic heterocycles. The number of aliphatic hydroxyl groups is 1. The Kier molecular flexibility index (Phi) is 4.35. The topological polar surface area (TPSA) is 35.5 Å². The van der Waals surface area contributed by atoms with Crippen LogP contribution in [-0.4, -0.2) is 48.8 Å². The second-order valence-corrected chi connectivity index (χ2v) is 7.10. The van der Waals surface area contributed by atoms with E-state index < -0.39 is 0 Å². The Morgan fingerprint density at radius 3 is 2.67 bits per heavy atom. The number of likely N-dealkylation sites (tertiary alicyclic amines) is 1. The van der Waals surface area contributed by atoms with Crippen LogP contribution in [0.2, 0.25) is 0 Å². The predicted octanol–water partition coefficient (Wildman–Crippen LogP) is 1.71. The molecule has 3 heteroatoms. The van der Waals surface area contributed by atoms with E-state index in [4.69, 9.17) is 0 Å². The Morgan fingerprint density at radius 1 is 1.39 bits per heavy atom. The minimum Gasteiger partial charge on any atom is -0.393 e. The van der Waals surface area contributed by atoms with Crippen LogP contribution in [0.3, 0.4) is 0 Å². The first-order valence-corrected chi connectivity index (χ1v) is 7.51. The summed E-state index contributed by atoms with van der Waals surface area (Å²) in [5, 5.41) is 13.2. The molecule has 0 radical (unpaired) electrons. The third-order valence-electron chi connectivity index (χ3n) is 5.27. The molecule has 3 nitrogen and oxygen atoms in total. The van der Waals surface area contributed by atoms with Crippen molar-refractivity contribution in [2.45, 2.75) is 52.2 Å². The average Bonchev–Trinajstić information content (AvgIpc) is 2.84. The Bertz CT molecular complexity index is 278. The van der Waals surface area contributed by atoms with Crippen molar-refractivity contribution in [3.63, 3.8) is 0 Å². The lowest BCUT2D eigenvalue weighted by molar-refractivity contribution is 0.124. The standard InChI is InChI=1S/C15H30N2O/c1-11(18)12-6-8-17(9-12)10-13-5-7-15(2,3)14(13)16-4/h11-14,16,18H,5-10H2,1-4H3. The highest BCUT2D eigenvalue weighted by Gasteiger charge is 2.42. The maximum atomic E-state index is 9.67. The third-order valence-corrected chi connectivity index (χ3v) is 5.27. The summed E-state index contributed by atoms with van der Waals surface area (Å²) in [4.78, 5) is 2.56. The van der Waals surface area contributed by atoms with Crippen molar-refractivity contribution in [1.82, 2.24) is 10.2 Å². The van der Waals surface area contributed by atoms with Gasteiger partial charge in [0.1, 0.15) is 0 Å². The summed E-state index contributed by atoms with van der Waals surface area (Å²) >= 11 is 0. The summed E-state index contributed by atoms with van der Waals surface area (Å²) in [6, 6.07) is 0.642. The molecule has 1 heterocycles. The summed E-state index contributed by atoms with van der Waals surface area (Å²) in [5.74, 6) is 1.27. The molecular formula is C15H30N2O. The number of rotatable bonds is 4. The van der Waals surface area contributed by atoms with Gasteiger partial charge in [-0.25, -0.2) is 0 Å². The van der Waals surface area contributed by atoms with E-state index in [1.807, 2.05) is 6.92 Å². The number of nitrogens with zero attached hydrogens (tertiary/aromatic N) is 1. The molecule has 0 amide bonds. The molecule has 1 aliphatic carbocycles. The van der Waals surface area contributed by atoms with Crippen LogP contribution in [0, 0.1) is 17.3 Å². The summed E-state index contributed by atoms with van der Waals surface area (Å²) in [6.45, 7) is 10.2. The molecule has 18 heavy (non-hydrogen) atoms. The Hall–Kier alpha value is -0.120. The van der Waals surface area contributed by atoms with E-state index in [-0.39, 0.29) is 6.10 Å². The van der Waals surface area contributed by atoms with Crippen LogP contribution in [0.15, 0.2) is 0 Å². The summed E-state index contributed by atoms with van der Waals surface area (Å²) in [6.07, 6.45) is 3.69. The third kappa shape index (κ3) is 2.89. The molecule has 106 valence electrons. The maximum Gasteiger partial charge on any atom is 0.0552 e. The first-order chi connectivity index (χ1) is 8.44. The van der Waals surface area contributed by atoms with Gasteiger partial charge < -0.3 is 15.3 Å². The summed E-state index contributed by atoms with van der Waals surface area (Å²) < 4.78 is 0. The van der Waals surface area contributed by atoms with Crippen molar-refractivity contribution >= 4 is 0 Å². The van der Waals surface area contributed by atoms with Crippen LogP contribution in [0.5, 0.6) is 0 Å². The van der Waals surface area contributed by atoms with E-state index in [2.05, 4.69) is 31.1 Å². The molecule has 0 aromatic rings. The molecule has 1 saturated carbocycles. The molecule has 2 N–H and O–H groups in total. The first kappa shape index (κ1) is 14.3. The zero-order valence-corrected chi connectivity index (χ0v) is 12.4. The number of nitrogens with one attached hydrogen (secondary N) is 1. The van der Waals surface area contributed by atoms with Crippen molar-refractivity contribution in [3.05, 3.63) is 0 Å². The smallest absolute Gasteiger partial charge is 0.0552 e. The largest absolute Gasteiger partial charge is 0.393 e. The van der Waals surface area contributed by atoms with Crippen LogP contribution >= 0.6 is 0 Å². The second kappa shape index (κ2) is 5.48. The average molecular weight is 254 g/mol. The van der Waals surface area contributed by atoms with Gasteiger partial charge in [-0.2, -0.15) is 0 Å². The molecule has 2 fully saturated rings. The van der Waals surface area contributed by atoms with Crippen molar-refractivity contribution in [3.8, 4) is 0 Å². The van der Waals surface area contributed by atoms with Crippen molar-refractivity contribution in [1.29, 1.82) is 0 Å². The van der Waals surface area contributed by atoms with Crippen LogP contribution in [0.25, 0.3) is 0 Å². The molecule has 2 aliphatic rings. The van der Waals surface area contributed by atoms with Gasteiger partial charge in [0.15, 0.2) is 0 Å². The zero-order chi connectivity index (χ0) is 13.3. The Labute approximate surface area is 112 Å². The van der Waals surface area contributed by atoms with Gasteiger partial charge in [-0.15, -0.1) is 0 Å². The second-order valence-electron chi connectivity index (χ2n) is 7.10. The summed E-state index contributed by atoms with van der Waals surface area (Å²) in [7, 11) is 2.10. The van der Waals surface area contributed by atoms with Gasteiger partial charge in [-0.3, -0.25) is 0 Å². The molecule has 4 atom stereocenters. The predicted molar refractivity (Wildman–Crippen MR) is 75.6 cm³/mol. The van der Waals surface area contributed by atoms with Gasteiger partial charge in [0, 0.05) is 19.1 Å². The Morgan fingerprint density at radius 2 is 2.11 bits per heavy atom. The van der Waals surface area contributed by atoms with E-state index in [1.54, 1.807) is 0 Å². The SMILES string of the molecule is CNC1C(CN2CCC(C(C)O)C2)CCC1(C)C. The highest BCUT2D eigenvalue weighted by Crippen LogP contribution is 2.41. The molecule has 0 bridgehead atoms. The molecule has 2 rings (SSSR count). The van der Waals surface area contributed by atoms with Gasteiger partial charge in [-0.05, 0) is 57.0 Å². The molecule has 0 aromatic heterocycles. The Balaban J connectivity index is 1.87. The molecule has 4 unspecified atom stereocenters. The number of hydrogen-bond acceptors (Lipinski definition) is 3. The normalized spacial score (nSPS) is 38.2. The van der Waals surface area contributed by atoms with Gasteiger partial charge >= 0.3 is 0 Å². The quantitative estimate of drug-likeness (QED) is 0.802. The fourth-order valence-corrected chi connectivity index (χ4v) is 4.09. The van der Waals surface area contributed by atoms with Gasteiger partial charge in [0.2, 0.25) is 0 Å². The monoisotopic (exact) mass is 254 g/mol. The van der Waals surface area contributed by atoms with Gasteiger partial charge in [-0.1, -0.05) is 13.8 Å². The molecular weight excluding hydrogens is 224 g/mol. The summed E-state index contributed by atoms with van der Waals surface area (Å²) in [5.41, 5.74) is 0.433. The minimum absolute atomic E-state index is 0.143. The lowest BCUT2D eigenvalue weighted by Gasteiger charge is -2.32. The highest BCUT2D eigenvalue weighted by atomic mass is 16.3. The molecule has 1 saturated heterocycles. The minimum atomic E-state index is -0.143. The van der Waals surface area contributed by atoms with Crippen molar-refractivity contribution in [2.75, 3.05) is 26.7 Å². The maximum absolute atomic E-state index is 9.67. The van der Waals surface area contributed by atoms with Crippen LogP contribution in [0.1, 0.15) is 40.0 Å². The van der Waals surface area contributed by atoms with E-state index in [9.17, 15) is 5.11 Å². The van der Waals surface area contributed by atoms with E-state index in [1.165, 1.54) is 25.9 Å². The highest BCUT2D eigenvalue weighted by molar-refractivity contribution is 4.97. The molecule has 0 spiro atoms. The van der Waals surface area contributed by atoms with Crippen molar-refractivity contribution < 1.29 is 5.11 Å². The van der Waals surface area contributed by atoms with E-state index in [0.29, 0.717) is 17.4 Å². The number of hydrogen-bond donors (Lipinski definition) is 2. The van der Waals surface area contributed by atoms with Crippen LogP contribution in [-0.2, 0) is 0 Å². The fraction of sp³-hybridized carbons (Fsp3) is 1.00. The lowest BCUT2D eigenvalue weighted by Crippen LogP contribution is -2.43. The van der Waals surface area contributed by atoms with Gasteiger partial charge in [0.05, 0.1) is 6.10 Å². The molecule has 0 aromatic carbocycles. The van der Waals surface area contributed by atoms with E-state index >= 15 is 0 Å². The fourth-order valence-electron chi connectivity index (χ4n) is 4.09. The van der Waals surface area contributed by atoms with Crippen LogP contribution in [0.4, 0.5) is 0 Å². The number of aliphatic hydroxyl groups excluding tert-OH is 1. The van der Waals surface area contributed by atoms with E-state index in [0.717, 1.165) is 18.9 Å².